The lowest BCUT2D eigenvalue weighted by atomic mass is 10.1. The van der Waals surface area contributed by atoms with Crippen molar-refractivity contribution in [1.29, 1.82) is 0 Å². The van der Waals surface area contributed by atoms with Gasteiger partial charge in [-0.05, 0) is 56.0 Å². The molecule has 0 saturated carbocycles. The minimum atomic E-state index is -0.0713. The molecule has 0 spiro atoms. The van der Waals surface area contributed by atoms with Crippen LogP contribution in [-0.4, -0.2) is 28.0 Å². The van der Waals surface area contributed by atoms with E-state index >= 15 is 0 Å². The summed E-state index contributed by atoms with van der Waals surface area (Å²) in [4.78, 5) is 18.1. The summed E-state index contributed by atoms with van der Waals surface area (Å²) in [5.74, 6) is 0.782. The number of hydrogen-bond acceptors (Lipinski definition) is 4. The highest BCUT2D eigenvalue weighted by Crippen LogP contribution is 2.28. The van der Waals surface area contributed by atoms with Crippen LogP contribution in [0.4, 0.5) is 0 Å². The Kier molecular flexibility index (Phi) is 5.53. The van der Waals surface area contributed by atoms with Crippen molar-refractivity contribution in [3.63, 3.8) is 0 Å². The summed E-state index contributed by atoms with van der Waals surface area (Å²) >= 11 is 7.90. The Morgan fingerprint density at radius 2 is 2.07 bits per heavy atom. The lowest BCUT2D eigenvalue weighted by Crippen LogP contribution is -2.25. The largest absolute Gasteiger partial charge is 0.377 e. The van der Waals surface area contributed by atoms with Crippen LogP contribution < -0.4 is 5.56 Å². The Balaban J connectivity index is 1.82. The zero-order valence-electron chi connectivity index (χ0n) is 15.2. The first-order chi connectivity index (χ1) is 13.1. The molecule has 4 rings (SSSR count). The van der Waals surface area contributed by atoms with Crippen molar-refractivity contribution in [3.8, 4) is 5.69 Å². The highest BCUT2D eigenvalue weighted by molar-refractivity contribution is 7.99. The van der Waals surface area contributed by atoms with Gasteiger partial charge in [0.25, 0.3) is 5.56 Å². The Hall–Kier alpha value is -1.82. The maximum Gasteiger partial charge on any atom is 0.266 e. The molecule has 1 aliphatic rings. The molecule has 1 fully saturated rings. The molecule has 0 N–H and O–H groups in total. The first-order valence-corrected chi connectivity index (χ1v) is 10.5. The molecule has 27 heavy (non-hydrogen) atoms. The summed E-state index contributed by atoms with van der Waals surface area (Å²) in [6.45, 7) is 2.74. The normalized spacial score (nSPS) is 17.3. The van der Waals surface area contributed by atoms with Gasteiger partial charge in [0.2, 0.25) is 0 Å². The van der Waals surface area contributed by atoms with Crippen LogP contribution in [-0.2, 0) is 4.74 Å². The van der Waals surface area contributed by atoms with Gasteiger partial charge in [0.15, 0.2) is 5.16 Å². The molecule has 0 aliphatic carbocycles. The third-order valence-electron chi connectivity index (χ3n) is 4.90. The van der Waals surface area contributed by atoms with E-state index in [0.717, 1.165) is 36.5 Å². The van der Waals surface area contributed by atoms with Crippen LogP contribution >= 0.6 is 23.4 Å². The smallest absolute Gasteiger partial charge is 0.266 e. The van der Waals surface area contributed by atoms with E-state index in [1.165, 1.54) is 6.42 Å². The third kappa shape index (κ3) is 3.77. The van der Waals surface area contributed by atoms with E-state index in [2.05, 4.69) is 0 Å². The van der Waals surface area contributed by atoms with Crippen molar-refractivity contribution in [3.05, 3.63) is 63.4 Å². The van der Waals surface area contributed by atoms with E-state index in [4.69, 9.17) is 21.3 Å². The minimum Gasteiger partial charge on any atom is -0.377 e. The molecular weight excluding hydrogens is 380 g/mol. The Morgan fingerprint density at radius 1 is 1.22 bits per heavy atom. The Labute approximate surface area is 167 Å². The van der Waals surface area contributed by atoms with Crippen molar-refractivity contribution >= 4 is 34.3 Å². The first-order valence-electron chi connectivity index (χ1n) is 9.17. The number of rotatable bonds is 4. The lowest BCUT2D eigenvalue weighted by Gasteiger charge is -2.22. The molecule has 140 valence electrons. The van der Waals surface area contributed by atoms with Gasteiger partial charge in [-0.3, -0.25) is 9.36 Å². The van der Waals surface area contributed by atoms with Crippen LogP contribution in [0.1, 0.15) is 24.8 Å². The van der Waals surface area contributed by atoms with E-state index < -0.39 is 0 Å². The monoisotopic (exact) mass is 400 g/mol. The molecule has 1 aliphatic heterocycles. The van der Waals surface area contributed by atoms with E-state index in [-0.39, 0.29) is 11.7 Å². The molecule has 2 aromatic carbocycles. The number of fused-ring (bicyclic) bond motifs is 1. The summed E-state index contributed by atoms with van der Waals surface area (Å²) in [6.07, 6.45) is 3.58. The molecule has 3 aromatic rings. The van der Waals surface area contributed by atoms with E-state index in [9.17, 15) is 4.79 Å². The maximum atomic E-state index is 13.3. The van der Waals surface area contributed by atoms with Gasteiger partial charge in [-0.2, -0.15) is 0 Å². The van der Waals surface area contributed by atoms with Gasteiger partial charge in [-0.15, -0.1) is 0 Å². The van der Waals surface area contributed by atoms with Gasteiger partial charge in [0, 0.05) is 17.4 Å². The molecule has 1 aromatic heterocycles. The second kappa shape index (κ2) is 8.05. The van der Waals surface area contributed by atoms with Crippen molar-refractivity contribution in [2.75, 3.05) is 12.4 Å². The van der Waals surface area contributed by atoms with Gasteiger partial charge >= 0.3 is 0 Å². The van der Waals surface area contributed by atoms with Gasteiger partial charge in [-0.1, -0.05) is 41.6 Å². The number of nitrogens with zero attached hydrogens (tertiary/aromatic N) is 2. The van der Waals surface area contributed by atoms with Crippen molar-refractivity contribution in [2.45, 2.75) is 37.4 Å². The molecule has 0 unspecified atom stereocenters. The van der Waals surface area contributed by atoms with Crippen molar-refractivity contribution in [1.82, 2.24) is 9.55 Å². The summed E-state index contributed by atoms with van der Waals surface area (Å²) in [5, 5.41) is 1.92. The first kappa shape index (κ1) is 18.5. The highest BCUT2D eigenvalue weighted by atomic mass is 35.5. The molecule has 1 atom stereocenters. The summed E-state index contributed by atoms with van der Waals surface area (Å²) in [5.41, 5.74) is 2.29. The van der Waals surface area contributed by atoms with Gasteiger partial charge in [0.1, 0.15) is 0 Å². The van der Waals surface area contributed by atoms with E-state index in [1.54, 1.807) is 16.3 Å². The number of para-hydroxylation sites is 1. The van der Waals surface area contributed by atoms with Crippen LogP contribution in [0.5, 0.6) is 0 Å². The topological polar surface area (TPSA) is 44.1 Å². The third-order valence-corrected chi connectivity index (χ3v) is 6.38. The zero-order valence-corrected chi connectivity index (χ0v) is 16.7. The Morgan fingerprint density at radius 3 is 2.89 bits per heavy atom. The highest BCUT2D eigenvalue weighted by Gasteiger charge is 2.19. The SMILES string of the molecule is Cc1c(Cl)cccc1-n1c(SC[C@H]2CCCCO2)nc2ccccc2c1=O. The van der Waals surface area contributed by atoms with Gasteiger partial charge in [0.05, 0.1) is 22.7 Å². The zero-order chi connectivity index (χ0) is 18.8. The van der Waals surface area contributed by atoms with E-state index in [0.29, 0.717) is 21.1 Å². The Bertz CT molecular complexity index is 1030. The van der Waals surface area contributed by atoms with Crippen LogP contribution in [0, 0.1) is 6.92 Å². The molecule has 6 heteroatoms. The maximum absolute atomic E-state index is 13.3. The molecule has 0 amide bonds. The summed E-state index contributed by atoms with van der Waals surface area (Å²) < 4.78 is 7.54. The number of halogens is 1. The van der Waals surface area contributed by atoms with Gasteiger partial charge < -0.3 is 4.74 Å². The predicted molar refractivity (Wildman–Crippen MR) is 111 cm³/mol. The van der Waals surface area contributed by atoms with E-state index in [1.807, 2.05) is 49.4 Å². The predicted octanol–water partition coefficient (Wildman–Crippen LogP) is 5.01. The molecule has 0 radical (unpaired) electrons. The fourth-order valence-corrected chi connectivity index (χ4v) is 4.61. The molecule has 0 bridgehead atoms. The fourth-order valence-electron chi connectivity index (χ4n) is 3.37. The summed E-state index contributed by atoms with van der Waals surface area (Å²) in [6, 6.07) is 13.1. The second-order valence-corrected chi connectivity index (χ2v) is 8.13. The summed E-state index contributed by atoms with van der Waals surface area (Å²) in [7, 11) is 0. The molecular formula is C21H21ClN2O2S. The quantitative estimate of drug-likeness (QED) is 0.456. The van der Waals surface area contributed by atoms with Crippen LogP contribution in [0.3, 0.4) is 0 Å². The molecule has 4 nitrogen and oxygen atoms in total. The molecule has 2 heterocycles. The van der Waals surface area contributed by atoms with Crippen LogP contribution in [0.15, 0.2) is 52.4 Å². The number of hydrogen-bond donors (Lipinski definition) is 0. The van der Waals surface area contributed by atoms with Crippen molar-refractivity contribution < 1.29 is 4.74 Å². The van der Waals surface area contributed by atoms with Crippen LogP contribution in [0.25, 0.3) is 16.6 Å². The fraction of sp³-hybridized carbons (Fsp3) is 0.333. The second-order valence-electron chi connectivity index (χ2n) is 6.74. The number of thioether (sulfide) groups is 1. The van der Waals surface area contributed by atoms with Crippen LogP contribution in [0.2, 0.25) is 5.02 Å². The standard InChI is InChI=1S/C21H21ClN2O2S/c1-14-17(22)9-6-11-19(14)24-20(25)16-8-2-3-10-18(16)23-21(24)27-13-15-7-4-5-12-26-15/h2-3,6,8-11,15H,4-5,7,12-13H2,1H3/t15-/m1/s1. The average Bonchev–Trinajstić information content (AvgIpc) is 2.70. The minimum absolute atomic E-state index is 0.0713. The van der Waals surface area contributed by atoms with Crippen molar-refractivity contribution in [2.24, 2.45) is 0 Å². The average molecular weight is 401 g/mol. The molecule has 1 saturated heterocycles. The number of aromatic nitrogens is 2. The lowest BCUT2D eigenvalue weighted by molar-refractivity contribution is 0.0315. The van der Waals surface area contributed by atoms with Gasteiger partial charge in [-0.25, -0.2) is 4.98 Å². The number of benzene rings is 2. The number of ether oxygens (including phenoxy) is 1.